The van der Waals surface area contributed by atoms with Crippen molar-refractivity contribution in [3.63, 3.8) is 0 Å². The molecule has 16 heavy (non-hydrogen) atoms. The van der Waals surface area contributed by atoms with Crippen molar-refractivity contribution < 1.29 is 9.59 Å². The van der Waals surface area contributed by atoms with Gasteiger partial charge >= 0.3 is 6.03 Å². The van der Waals surface area contributed by atoms with E-state index in [1.165, 1.54) is 0 Å². The summed E-state index contributed by atoms with van der Waals surface area (Å²) in [4.78, 5) is 29.0. The van der Waals surface area contributed by atoms with Crippen LogP contribution in [-0.2, 0) is 4.79 Å². The van der Waals surface area contributed by atoms with Crippen LogP contribution in [-0.4, -0.2) is 27.9 Å². The number of H-pyrrole nitrogens is 1. The predicted octanol–water partition coefficient (Wildman–Crippen LogP) is -0.356. The Kier molecular flexibility index (Phi) is 3.87. The molecule has 0 radical (unpaired) electrons. The molecular weight excluding hydrogens is 210 g/mol. The van der Waals surface area contributed by atoms with Gasteiger partial charge in [-0.05, 0) is 13.8 Å². The Morgan fingerprint density at radius 2 is 2.12 bits per heavy atom. The highest BCUT2D eigenvalue weighted by Gasteiger charge is 2.17. The Bertz CT molecular complexity index is 362. The fourth-order valence-electron chi connectivity index (χ4n) is 1.20. The van der Waals surface area contributed by atoms with Gasteiger partial charge in [0, 0.05) is 12.4 Å². The van der Waals surface area contributed by atoms with E-state index in [4.69, 9.17) is 5.73 Å². The van der Waals surface area contributed by atoms with Gasteiger partial charge in [0.15, 0.2) is 0 Å². The molecule has 0 fully saturated rings. The van der Waals surface area contributed by atoms with E-state index in [1.807, 2.05) is 0 Å². The van der Waals surface area contributed by atoms with E-state index in [9.17, 15) is 9.59 Å². The van der Waals surface area contributed by atoms with Crippen LogP contribution in [0.5, 0.6) is 0 Å². The minimum atomic E-state index is -0.728. The number of nitrogens with one attached hydrogen (secondary N) is 3. The number of amides is 3. The van der Waals surface area contributed by atoms with Gasteiger partial charge < -0.3 is 21.4 Å². The van der Waals surface area contributed by atoms with E-state index < -0.39 is 12.1 Å². The lowest BCUT2D eigenvalue weighted by Gasteiger charge is -2.16. The molecule has 0 aliphatic heterocycles. The average Bonchev–Trinajstić information content (AvgIpc) is 2.68. The molecule has 1 rings (SSSR count). The third-order valence-electron chi connectivity index (χ3n) is 2.04. The molecule has 2 atom stereocenters. The summed E-state index contributed by atoms with van der Waals surface area (Å²) in [6, 6.07) is -1.65. The van der Waals surface area contributed by atoms with Crippen LogP contribution in [0.15, 0.2) is 12.4 Å². The first-order valence-corrected chi connectivity index (χ1v) is 4.86. The van der Waals surface area contributed by atoms with Crippen LogP contribution in [0.1, 0.15) is 25.7 Å². The van der Waals surface area contributed by atoms with E-state index in [2.05, 4.69) is 20.6 Å². The summed E-state index contributed by atoms with van der Waals surface area (Å²) in [7, 11) is 0. The molecule has 1 aromatic rings. The van der Waals surface area contributed by atoms with Crippen molar-refractivity contribution in [3.05, 3.63) is 18.2 Å². The quantitative estimate of drug-likeness (QED) is 0.561. The second kappa shape index (κ2) is 5.15. The predicted molar refractivity (Wildman–Crippen MR) is 57.3 cm³/mol. The lowest BCUT2D eigenvalue weighted by molar-refractivity contribution is -0.123. The lowest BCUT2D eigenvalue weighted by atomic mass is 10.2. The van der Waals surface area contributed by atoms with Gasteiger partial charge in [0.05, 0.1) is 6.04 Å². The zero-order valence-corrected chi connectivity index (χ0v) is 9.15. The molecule has 1 aromatic heterocycles. The summed E-state index contributed by atoms with van der Waals surface area (Å²) >= 11 is 0. The van der Waals surface area contributed by atoms with Gasteiger partial charge in [0.2, 0.25) is 5.91 Å². The second-order valence-electron chi connectivity index (χ2n) is 3.43. The summed E-state index contributed by atoms with van der Waals surface area (Å²) < 4.78 is 0. The van der Waals surface area contributed by atoms with Crippen molar-refractivity contribution in [1.82, 2.24) is 20.6 Å². The number of aromatic nitrogens is 2. The number of aromatic amines is 1. The molecule has 3 amide bonds. The number of urea groups is 1. The normalized spacial score (nSPS) is 13.9. The van der Waals surface area contributed by atoms with Crippen molar-refractivity contribution in [1.29, 1.82) is 0 Å². The summed E-state index contributed by atoms with van der Waals surface area (Å²) in [5, 5.41) is 4.97. The van der Waals surface area contributed by atoms with Gasteiger partial charge in [-0.25, -0.2) is 9.78 Å². The molecular formula is C9H15N5O2. The molecule has 0 aromatic carbocycles. The summed E-state index contributed by atoms with van der Waals surface area (Å²) in [6.45, 7) is 3.34. The minimum absolute atomic E-state index is 0.250. The number of carbonyl (C=O) groups is 2. The molecule has 1 heterocycles. The van der Waals surface area contributed by atoms with Gasteiger partial charge in [-0.3, -0.25) is 4.79 Å². The molecule has 5 N–H and O–H groups in total. The molecule has 0 saturated carbocycles. The number of rotatable bonds is 4. The Hall–Kier alpha value is -2.05. The summed E-state index contributed by atoms with van der Waals surface area (Å²) in [5.41, 5.74) is 4.91. The molecule has 0 aliphatic rings. The minimum Gasteiger partial charge on any atom is -0.352 e. The number of nitrogens with zero attached hydrogens (tertiary/aromatic N) is 1. The van der Waals surface area contributed by atoms with E-state index in [0.29, 0.717) is 5.82 Å². The number of carbonyl (C=O) groups excluding carboxylic acids is 2. The molecule has 7 nitrogen and oxygen atoms in total. The summed E-state index contributed by atoms with van der Waals surface area (Å²) in [5.74, 6) is 0.335. The molecule has 0 spiro atoms. The highest BCUT2D eigenvalue weighted by atomic mass is 16.2. The van der Waals surface area contributed by atoms with Gasteiger partial charge in [-0.15, -0.1) is 0 Å². The van der Waals surface area contributed by atoms with E-state index in [-0.39, 0.29) is 11.9 Å². The zero-order chi connectivity index (χ0) is 12.1. The maximum atomic E-state index is 11.6. The van der Waals surface area contributed by atoms with Crippen LogP contribution in [0.2, 0.25) is 0 Å². The number of nitrogens with two attached hydrogens (primary N) is 1. The topological polar surface area (TPSA) is 113 Å². The first kappa shape index (κ1) is 12.0. The number of primary amides is 1. The van der Waals surface area contributed by atoms with Crippen molar-refractivity contribution >= 4 is 11.9 Å². The van der Waals surface area contributed by atoms with Crippen LogP contribution in [0.3, 0.4) is 0 Å². The molecule has 0 aliphatic carbocycles. The summed E-state index contributed by atoms with van der Waals surface area (Å²) in [6.07, 6.45) is 3.27. The smallest absolute Gasteiger partial charge is 0.312 e. The first-order chi connectivity index (χ1) is 7.50. The third kappa shape index (κ3) is 3.26. The van der Waals surface area contributed by atoms with Gasteiger partial charge in [-0.2, -0.15) is 0 Å². The number of hydrogen-bond acceptors (Lipinski definition) is 3. The second-order valence-corrected chi connectivity index (χ2v) is 3.43. The lowest BCUT2D eigenvalue weighted by Crippen LogP contribution is -2.47. The maximum absolute atomic E-state index is 11.6. The van der Waals surface area contributed by atoms with E-state index >= 15 is 0 Å². The third-order valence-corrected chi connectivity index (χ3v) is 2.04. The average molecular weight is 225 g/mol. The van der Waals surface area contributed by atoms with Gasteiger partial charge in [0.1, 0.15) is 11.9 Å². The SMILES string of the molecule is CC(NC(N)=O)C(=O)NC(C)c1ncc[nH]1. The fourth-order valence-corrected chi connectivity index (χ4v) is 1.20. The van der Waals surface area contributed by atoms with Crippen LogP contribution >= 0.6 is 0 Å². The Morgan fingerprint density at radius 1 is 1.44 bits per heavy atom. The molecule has 88 valence electrons. The van der Waals surface area contributed by atoms with E-state index in [1.54, 1.807) is 26.2 Å². The largest absolute Gasteiger partial charge is 0.352 e. The number of hydrogen-bond donors (Lipinski definition) is 4. The molecule has 0 saturated heterocycles. The Labute approximate surface area is 92.8 Å². The zero-order valence-electron chi connectivity index (χ0n) is 9.15. The van der Waals surface area contributed by atoms with Crippen molar-refractivity contribution in [2.24, 2.45) is 5.73 Å². The van der Waals surface area contributed by atoms with Crippen LogP contribution < -0.4 is 16.4 Å². The Balaban J connectivity index is 2.48. The van der Waals surface area contributed by atoms with Crippen molar-refractivity contribution in [2.45, 2.75) is 25.9 Å². The monoisotopic (exact) mass is 225 g/mol. The highest BCUT2D eigenvalue weighted by molar-refractivity contribution is 5.86. The van der Waals surface area contributed by atoms with Crippen molar-refractivity contribution in [3.8, 4) is 0 Å². The van der Waals surface area contributed by atoms with Crippen LogP contribution in [0.4, 0.5) is 4.79 Å². The van der Waals surface area contributed by atoms with Gasteiger partial charge in [0.25, 0.3) is 0 Å². The van der Waals surface area contributed by atoms with Crippen LogP contribution in [0.25, 0.3) is 0 Å². The van der Waals surface area contributed by atoms with Gasteiger partial charge in [-0.1, -0.05) is 0 Å². The maximum Gasteiger partial charge on any atom is 0.312 e. The first-order valence-electron chi connectivity index (χ1n) is 4.86. The van der Waals surface area contributed by atoms with Crippen LogP contribution in [0, 0.1) is 0 Å². The molecule has 2 unspecified atom stereocenters. The molecule has 7 heteroatoms. The van der Waals surface area contributed by atoms with E-state index in [0.717, 1.165) is 0 Å². The Morgan fingerprint density at radius 3 is 2.62 bits per heavy atom. The highest BCUT2D eigenvalue weighted by Crippen LogP contribution is 2.04. The molecule has 0 bridgehead atoms. The van der Waals surface area contributed by atoms with Crippen molar-refractivity contribution in [2.75, 3.05) is 0 Å². The standard InChI is InChI=1S/C9H15N5O2/c1-5(7-11-3-4-12-7)13-8(15)6(2)14-9(10)16/h3-6H,1-2H3,(H,11,12)(H,13,15)(H3,10,14,16). The number of imidazole rings is 1. The fraction of sp³-hybridized carbons (Fsp3) is 0.444.